The van der Waals surface area contributed by atoms with Crippen molar-refractivity contribution in [3.8, 4) is 5.75 Å². The molecule has 0 unspecified atom stereocenters. The van der Waals surface area contributed by atoms with E-state index in [0.717, 1.165) is 0 Å². The number of ether oxygens (including phenoxy) is 1. The lowest BCUT2D eigenvalue weighted by atomic mass is 10.1. The number of nitrogens with one attached hydrogen (secondary N) is 1. The Kier molecular flexibility index (Phi) is 5.11. The smallest absolute Gasteiger partial charge is 0.234 e. The number of hydrogen-bond acceptors (Lipinski definition) is 6. The van der Waals surface area contributed by atoms with Crippen molar-refractivity contribution >= 4 is 28.9 Å². The standard InChI is InChI=1S/C15H16N2O4S/c1-9(15-17-11(8-22-15)7-13(18)19)14(20)16-10-3-5-12(21-2)6-4-10/h3-6,8-9H,7H2,1-2H3,(H,16,20)(H,18,19)/p-1/t9-/m1/s1. The van der Waals surface area contributed by atoms with Gasteiger partial charge in [0.05, 0.1) is 18.7 Å². The third-order valence-electron chi connectivity index (χ3n) is 3.02. The van der Waals surface area contributed by atoms with E-state index in [0.29, 0.717) is 22.1 Å². The van der Waals surface area contributed by atoms with Crippen LogP contribution in [0.3, 0.4) is 0 Å². The van der Waals surface area contributed by atoms with Gasteiger partial charge in [-0.1, -0.05) is 0 Å². The Labute approximate surface area is 131 Å². The summed E-state index contributed by atoms with van der Waals surface area (Å²) in [6.45, 7) is 1.72. The molecule has 0 bridgehead atoms. The molecule has 22 heavy (non-hydrogen) atoms. The lowest BCUT2D eigenvalue weighted by Gasteiger charge is -2.10. The fourth-order valence-corrected chi connectivity index (χ4v) is 2.66. The molecule has 0 fully saturated rings. The summed E-state index contributed by atoms with van der Waals surface area (Å²) in [5, 5.41) is 15.5. The monoisotopic (exact) mass is 319 g/mol. The van der Waals surface area contributed by atoms with Crippen LogP contribution in [0.1, 0.15) is 23.5 Å². The normalized spacial score (nSPS) is 11.7. The molecule has 1 aromatic heterocycles. The number of carboxylic acid groups (broad SMARTS) is 1. The minimum Gasteiger partial charge on any atom is -0.550 e. The number of hydrogen-bond donors (Lipinski definition) is 1. The summed E-state index contributed by atoms with van der Waals surface area (Å²) in [6, 6.07) is 6.99. The third-order valence-corrected chi connectivity index (χ3v) is 4.09. The number of carboxylic acids is 1. The second kappa shape index (κ2) is 7.04. The number of carbonyl (C=O) groups is 2. The first-order chi connectivity index (χ1) is 10.5. The largest absolute Gasteiger partial charge is 0.550 e. The maximum absolute atomic E-state index is 12.2. The van der Waals surface area contributed by atoms with Crippen molar-refractivity contribution < 1.29 is 19.4 Å². The van der Waals surface area contributed by atoms with Crippen LogP contribution in [0.2, 0.25) is 0 Å². The number of carbonyl (C=O) groups excluding carboxylic acids is 2. The SMILES string of the molecule is COc1ccc(NC(=O)[C@@H](C)c2nc(CC(=O)[O-])cs2)cc1. The first-order valence-electron chi connectivity index (χ1n) is 6.58. The molecule has 0 aliphatic heterocycles. The van der Waals surface area contributed by atoms with Crippen molar-refractivity contribution in [1.29, 1.82) is 0 Å². The Balaban J connectivity index is 2.01. The summed E-state index contributed by atoms with van der Waals surface area (Å²) >= 11 is 1.26. The average Bonchev–Trinajstić information content (AvgIpc) is 2.94. The molecule has 1 atom stereocenters. The van der Waals surface area contributed by atoms with E-state index >= 15 is 0 Å². The number of aliphatic carboxylic acids is 1. The number of methoxy groups -OCH3 is 1. The predicted octanol–water partition coefficient (Wildman–Crippen LogP) is 1.19. The number of benzene rings is 1. The fourth-order valence-electron chi connectivity index (χ4n) is 1.79. The van der Waals surface area contributed by atoms with Crippen LogP contribution >= 0.6 is 11.3 Å². The number of thiazole rings is 1. The van der Waals surface area contributed by atoms with Gasteiger partial charge in [-0.3, -0.25) is 4.79 Å². The van der Waals surface area contributed by atoms with Crippen molar-refractivity contribution in [1.82, 2.24) is 4.98 Å². The maximum Gasteiger partial charge on any atom is 0.234 e. The Hall–Kier alpha value is -2.41. The summed E-state index contributed by atoms with van der Waals surface area (Å²) in [5.74, 6) is -1.16. The van der Waals surface area contributed by atoms with E-state index in [1.807, 2.05) is 0 Å². The van der Waals surface area contributed by atoms with Gasteiger partial charge in [-0.25, -0.2) is 4.98 Å². The van der Waals surface area contributed by atoms with E-state index in [9.17, 15) is 14.7 Å². The Bertz CT molecular complexity index is 666. The highest BCUT2D eigenvalue weighted by molar-refractivity contribution is 7.09. The van der Waals surface area contributed by atoms with Crippen LogP contribution in [0.15, 0.2) is 29.6 Å². The van der Waals surface area contributed by atoms with Gasteiger partial charge in [0.25, 0.3) is 0 Å². The van der Waals surface area contributed by atoms with Crippen LogP contribution < -0.4 is 15.2 Å². The molecular formula is C15H15N2O4S-. The first kappa shape index (κ1) is 16.0. The zero-order valence-corrected chi connectivity index (χ0v) is 13.0. The van der Waals surface area contributed by atoms with E-state index in [1.54, 1.807) is 43.7 Å². The quantitative estimate of drug-likeness (QED) is 0.863. The minimum absolute atomic E-state index is 0.209. The van der Waals surface area contributed by atoms with E-state index in [1.165, 1.54) is 11.3 Å². The lowest BCUT2D eigenvalue weighted by molar-refractivity contribution is -0.304. The highest BCUT2D eigenvalue weighted by atomic mass is 32.1. The second-order valence-corrected chi connectivity index (χ2v) is 5.55. The fraction of sp³-hybridized carbons (Fsp3) is 0.267. The number of anilines is 1. The van der Waals surface area contributed by atoms with Crippen molar-refractivity contribution in [3.05, 3.63) is 40.3 Å². The van der Waals surface area contributed by atoms with E-state index < -0.39 is 11.9 Å². The number of aromatic nitrogens is 1. The molecule has 116 valence electrons. The number of rotatable bonds is 6. The second-order valence-electron chi connectivity index (χ2n) is 4.67. The third kappa shape index (κ3) is 4.05. The van der Waals surface area contributed by atoms with Crippen LogP contribution in [-0.2, 0) is 16.0 Å². The zero-order valence-electron chi connectivity index (χ0n) is 12.2. The highest BCUT2D eigenvalue weighted by Crippen LogP contribution is 2.23. The zero-order chi connectivity index (χ0) is 16.1. The summed E-state index contributed by atoms with van der Waals surface area (Å²) in [4.78, 5) is 26.9. The summed E-state index contributed by atoms with van der Waals surface area (Å²) in [6.07, 6.45) is -0.247. The van der Waals surface area contributed by atoms with E-state index in [-0.39, 0.29) is 12.3 Å². The minimum atomic E-state index is -1.19. The van der Waals surface area contributed by atoms with Gasteiger partial charge < -0.3 is 20.0 Å². The van der Waals surface area contributed by atoms with Crippen molar-refractivity contribution in [3.63, 3.8) is 0 Å². The lowest BCUT2D eigenvalue weighted by Crippen LogP contribution is -2.24. The van der Waals surface area contributed by atoms with Gasteiger partial charge in [-0.2, -0.15) is 0 Å². The van der Waals surface area contributed by atoms with Gasteiger partial charge in [0.2, 0.25) is 5.91 Å². The van der Waals surface area contributed by atoms with Gasteiger partial charge >= 0.3 is 0 Å². The van der Waals surface area contributed by atoms with Crippen LogP contribution in [0.25, 0.3) is 0 Å². The van der Waals surface area contributed by atoms with Gasteiger partial charge in [0, 0.05) is 23.5 Å². The number of nitrogens with zero attached hydrogens (tertiary/aromatic N) is 1. The van der Waals surface area contributed by atoms with Crippen LogP contribution in [-0.4, -0.2) is 24.0 Å². The molecule has 1 N–H and O–H groups in total. The van der Waals surface area contributed by atoms with Gasteiger partial charge in [-0.05, 0) is 31.2 Å². The molecule has 2 rings (SSSR count). The molecule has 7 heteroatoms. The summed E-state index contributed by atoms with van der Waals surface area (Å²) in [7, 11) is 1.57. The van der Waals surface area contributed by atoms with Crippen molar-refractivity contribution in [2.24, 2.45) is 0 Å². The summed E-state index contributed by atoms with van der Waals surface area (Å²) < 4.78 is 5.05. The van der Waals surface area contributed by atoms with E-state index in [4.69, 9.17) is 4.74 Å². The molecular weight excluding hydrogens is 304 g/mol. The Morgan fingerprint density at radius 2 is 2.05 bits per heavy atom. The van der Waals surface area contributed by atoms with Gasteiger partial charge in [-0.15, -0.1) is 11.3 Å². The molecule has 0 spiro atoms. The molecule has 0 saturated carbocycles. The Morgan fingerprint density at radius 1 is 1.36 bits per heavy atom. The topological polar surface area (TPSA) is 91.3 Å². The summed E-state index contributed by atoms with van der Waals surface area (Å²) in [5.41, 5.74) is 1.06. The molecule has 0 aliphatic rings. The molecule has 0 saturated heterocycles. The molecule has 0 radical (unpaired) electrons. The van der Waals surface area contributed by atoms with Crippen molar-refractivity contribution in [2.75, 3.05) is 12.4 Å². The van der Waals surface area contributed by atoms with Crippen LogP contribution in [0.4, 0.5) is 5.69 Å². The molecule has 2 aromatic rings. The highest BCUT2D eigenvalue weighted by Gasteiger charge is 2.19. The first-order valence-corrected chi connectivity index (χ1v) is 7.46. The molecule has 1 heterocycles. The van der Waals surface area contributed by atoms with Crippen LogP contribution in [0.5, 0.6) is 5.75 Å². The predicted molar refractivity (Wildman–Crippen MR) is 80.9 cm³/mol. The molecule has 6 nitrogen and oxygen atoms in total. The maximum atomic E-state index is 12.2. The van der Waals surface area contributed by atoms with Crippen molar-refractivity contribution in [2.45, 2.75) is 19.3 Å². The van der Waals surface area contributed by atoms with Crippen LogP contribution in [0, 0.1) is 0 Å². The Morgan fingerprint density at radius 3 is 2.64 bits per heavy atom. The van der Waals surface area contributed by atoms with Gasteiger partial charge in [0.15, 0.2) is 0 Å². The number of amides is 1. The average molecular weight is 319 g/mol. The molecule has 1 amide bonds. The van der Waals surface area contributed by atoms with Gasteiger partial charge in [0.1, 0.15) is 10.8 Å². The molecule has 0 aliphatic carbocycles. The van der Waals surface area contributed by atoms with E-state index in [2.05, 4.69) is 10.3 Å². The molecule has 1 aromatic carbocycles.